The summed E-state index contributed by atoms with van der Waals surface area (Å²) in [5, 5.41) is 4.25. The fraction of sp³-hybridized carbons (Fsp3) is 0.400. The number of aromatic nitrogens is 2. The molecule has 2 aromatic rings. The van der Waals surface area contributed by atoms with Crippen molar-refractivity contribution in [3.05, 3.63) is 26.6 Å². The van der Waals surface area contributed by atoms with Crippen LogP contribution >= 0.6 is 38.8 Å². The lowest BCUT2D eigenvalue weighted by Crippen LogP contribution is -1.96. The molecule has 0 unspecified atom stereocenters. The summed E-state index contributed by atoms with van der Waals surface area (Å²) in [6, 6.07) is 4.18. The van der Waals surface area contributed by atoms with Crippen LogP contribution < -0.4 is 5.32 Å². The molecular weight excluding hydrogens is 306 g/mol. The van der Waals surface area contributed by atoms with E-state index in [1.165, 1.54) is 33.0 Å². The molecular formula is C10H10BrN3S2. The summed E-state index contributed by atoms with van der Waals surface area (Å²) in [6.07, 6.45) is 2.52. The maximum absolute atomic E-state index is 4.48. The van der Waals surface area contributed by atoms with Gasteiger partial charge in [0.2, 0.25) is 5.13 Å². The van der Waals surface area contributed by atoms with E-state index in [4.69, 9.17) is 0 Å². The highest BCUT2D eigenvalue weighted by Gasteiger charge is 2.27. The van der Waals surface area contributed by atoms with E-state index in [0.717, 1.165) is 17.5 Å². The summed E-state index contributed by atoms with van der Waals surface area (Å²) in [5.74, 6) is 1.67. The summed E-state index contributed by atoms with van der Waals surface area (Å²) in [6.45, 7) is 0.829. The van der Waals surface area contributed by atoms with E-state index in [-0.39, 0.29) is 0 Å². The lowest BCUT2D eigenvalue weighted by molar-refractivity contribution is 0.981. The SMILES string of the molecule is Brc1ccc(CNc2nc(C3CC3)ns2)s1. The number of nitrogens with zero attached hydrogens (tertiary/aromatic N) is 2. The molecule has 0 bridgehead atoms. The summed E-state index contributed by atoms with van der Waals surface area (Å²) >= 11 is 6.66. The van der Waals surface area contributed by atoms with Crippen LogP contribution in [-0.2, 0) is 6.54 Å². The first-order valence-electron chi connectivity index (χ1n) is 5.13. The molecule has 3 rings (SSSR count). The molecule has 0 atom stereocenters. The van der Waals surface area contributed by atoms with E-state index in [9.17, 15) is 0 Å². The van der Waals surface area contributed by atoms with Crippen LogP contribution in [0.4, 0.5) is 5.13 Å². The Balaban J connectivity index is 1.61. The molecule has 0 saturated heterocycles. The highest BCUT2D eigenvalue weighted by molar-refractivity contribution is 9.11. The molecule has 3 nitrogen and oxygen atoms in total. The van der Waals surface area contributed by atoms with Gasteiger partial charge in [-0.05, 0) is 40.9 Å². The van der Waals surface area contributed by atoms with Crippen LogP contribution in [-0.4, -0.2) is 9.36 Å². The van der Waals surface area contributed by atoms with E-state index in [1.54, 1.807) is 11.3 Å². The molecule has 1 aliphatic carbocycles. The fourth-order valence-corrected chi connectivity index (χ4v) is 3.49. The Morgan fingerprint density at radius 1 is 1.44 bits per heavy atom. The van der Waals surface area contributed by atoms with Gasteiger partial charge in [-0.3, -0.25) is 0 Å². The Hall–Kier alpha value is -0.460. The maximum atomic E-state index is 4.48. The monoisotopic (exact) mass is 315 g/mol. The van der Waals surface area contributed by atoms with E-state index in [0.29, 0.717) is 5.92 Å². The van der Waals surface area contributed by atoms with Crippen molar-refractivity contribution in [2.45, 2.75) is 25.3 Å². The molecule has 1 N–H and O–H groups in total. The van der Waals surface area contributed by atoms with Gasteiger partial charge in [0.05, 0.1) is 10.3 Å². The quantitative estimate of drug-likeness (QED) is 0.931. The number of nitrogens with one attached hydrogen (secondary N) is 1. The van der Waals surface area contributed by atoms with Crippen molar-refractivity contribution in [3.8, 4) is 0 Å². The molecule has 0 aromatic carbocycles. The summed E-state index contributed by atoms with van der Waals surface area (Å²) in [4.78, 5) is 5.78. The lowest BCUT2D eigenvalue weighted by Gasteiger charge is -1.97. The second kappa shape index (κ2) is 4.43. The Kier molecular flexibility index (Phi) is 2.95. The van der Waals surface area contributed by atoms with E-state index in [1.807, 2.05) is 0 Å². The first kappa shape index (κ1) is 10.7. The number of hydrogen-bond donors (Lipinski definition) is 1. The summed E-state index contributed by atoms with van der Waals surface area (Å²) in [7, 11) is 0. The van der Waals surface area contributed by atoms with Gasteiger partial charge in [0.1, 0.15) is 5.82 Å². The Morgan fingerprint density at radius 2 is 2.31 bits per heavy atom. The molecule has 0 spiro atoms. The van der Waals surface area contributed by atoms with Gasteiger partial charge in [-0.2, -0.15) is 4.37 Å². The van der Waals surface area contributed by atoms with Crippen molar-refractivity contribution in [2.75, 3.05) is 5.32 Å². The van der Waals surface area contributed by atoms with Crippen molar-refractivity contribution in [3.63, 3.8) is 0 Å². The maximum Gasteiger partial charge on any atom is 0.202 e. The van der Waals surface area contributed by atoms with Crippen molar-refractivity contribution in [2.24, 2.45) is 0 Å². The molecule has 6 heteroatoms. The lowest BCUT2D eigenvalue weighted by atomic mass is 10.4. The minimum Gasteiger partial charge on any atom is -0.355 e. The smallest absolute Gasteiger partial charge is 0.202 e. The zero-order valence-corrected chi connectivity index (χ0v) is 11.7. The third-order valence-electron chi connectivity index (χ3n) is 2.43. The Morgan fingerprint density at radius 3 is 3.00 bits per heavy atom. The molecule has 84 valence electrons. The average molecular weight is 316 g/mol. The van der Waals surface area contributed by atoms with Gasteiger partial charge in [0, 0.05) is 22.3 Å². The highest BCUT2D eigenvalue weighted by Crippen LogP contribution is 2.39. The highest BCUT2D eigenvalue weighted by atomic mass is 79.9. The summed E-state index contributed by atoms with van der Waals surface area (Å²) < 4.78 is 5.52. The van der Waals surface area contributed by atoms with E-state index in [2.05, 4.69) is 42.7 Å². The van der Waals surface area contributed by atoms with Crippen LogP contribution in [0.3, 0.4) is 0 Å². The number of thiophene rings is 1. The van der Waals surface area contributed by atoms with Gasteiger partial charge in [-0.1, -0.05) is 0 Å². The minimum atomic E-state index is 0.641. The molecule has 1 saturated carbocycles. The molecule has 1 aliphatic rings. The largest absolute Gasteiger partial charge is 0.355 e. The van der Waals surface area contributed by atoms with Crippen molar-refractivity contribution >= 4 is 43.9 Å². The van der Waals surface area contributed by atoms with Gasteiger partial charge in [0.25, 0.3) is 0 Å². The second-order valence-corrected chi connectivity index (χ2v) is 7.09. The van der Waals surface area contributed by atoms with Crippen LogP contribution in [0.15, 0.2) is 15.9 Å². The Labute approximate surface area is 110 Å². The third kappa shape index (κ3) is 2.44. The number of rotatable bonds is 4. The van der Waals surface area contributed by atoms with Crippen LogP contribution in [0.2, 0.25) is 0 Å². The van der Waals surface area contributed by atoms with Gasteiger partial charge in [-0.15, -0.1) is 11.3 Å². The van der Waals surface area contributed by atoms with Crippen molar-refractivity contribution in [1.29, 1.82) is 0 Å². The predicted octanol–water partition coefficient (Wildman–Crippen LogP) is 3.85. The van der Waals surface area contributed by atoms with Gasteiger partial charge < -0.3 is 5.32 Å². The molecule has 1 fully saturated rings. The molecule has 0 radical (unpaired) electrons. The first-order chi connectivity index (χ1) is 7.81. The zero-order chi connectivity index (χ0) is 11.0. The van der Waals surface area contributed by atoms with Gasteiger partial charge >= 0.3 is 0 Å². The molecule has 16 heavy (non-hydrogen) atoms. The van der Waals surface area contributed by atoms with Crippen molar-refractivity contribution in [1.82, 2.24) is 9.36 Å². The van der Waals surface area contributed by atoms with E-state index < -0.39 is 0 Å². The molecule has 2 heterocycles. The predicted molar refractivity (Wildman–Crippen MR) is 71.2 cm³/mol. The van der Waals surface area contributed by atoms with Gasteiger partial charge in [0.15, 0.2) is 0 Å². The van der Waals surface area contributed by atoms with E-state index >= 15 is 0 Å². The molecule has 2 aromatic heterocycles. The number of halogens is 1. The van der Waals surface area contributed by atoms with Crippen LogP contribution in [0.5, 0.6) is 0 Å². The third-order valence-corrected chi connectivity index (χ3v) is 4.74. The van der Waals surface area contributed by atoms with Crippen LogP contribution in [0.1, 0.15) is 29.5 Å². The average Bonchev–Trinajstić information content (AvgIpc) is 2.87. The topological polar surface area (TPSA) is 37.8 Å². The van der Waals surface area contributed by atoms with Crippen molar-refractivity contribution < 1.29 is 0 Å². The number of anilines is 1. The minimum absolute atomic E-state index is 0.641. The summed E-state index contributed by atoms with van der Waals surface area (Å²) in [5.41, 5.74) is 0. The molecule has 0 amide bonds. The Bertz CT molecular complexity index is 490. The molecule has 0 aliphatic heterocycles. The first-order valence-corrected chi connectivity index (χ1v) is 7.51. The fourth-order valence-electron chi connectivity index (χ4n) is 1.42. The van der Waals surface area contributed by atoms with Gasteiger partial charge in [-0.25, -0.2) is 4.98 Å². The standard InChI is InChI=1S/C10H10BrN3S2/c11-8-4-3-7(15-8)5-12-10-13-9(14-16-10)6-1-2-6/h3-4,6H,1-2,5H2,(H,12,13,14). The van der Waals surface area contributed by atoms with Crippen LogP contribution in [0, 0.1) is 0 Å². The number of hydrogen-bond acceptors (Lipinski definition) is 5. The zero-order valence-electron chi connectivity index (χ0n) is 8.44. The normalized spacial score (nSPS) is 15.3. The second-order valence-electron chi connectivity index (χ2n) is 3.79. The van der Waals surface area contributed by atoms with Crippen LogP contribution in [0.25, 0.3) is 0 Å².